The molecule has 1 aromatic heterocycles. The molecule has 0 saturated carbocycles. The van der Waals surface area contributed by atoms with E-state index in [-0.39, 0.29) is 12.5 Å². The lowest BCUT2D eigenvalue weighted by Crippen LogP contribution is -2.30. The first-order valence-corrected chi connectivity index (χ1v) is 9.32. The topological polar surface area (TPSA) is 38.3 Å². The van der Waals surface area contributed by atoms with Gasteiger partial charge in [-0.2, -0.15) is 11.8 Å². The molecule has 1 heterocycles. The number of rotatable bonds is 8. The molecule has 0 radical (unpaired) electrons. The van der Waals surface area contributed by atoms with Crippen LogP contribution in [0.3, 0.4) is 0 Å². The molecule has 3 nitrogen and oxygen atoms in total. The van der Waals surface area contributed by atoms with Gasteiger partial charge in [0.1, 0.15) is 5.75 Å². The van der Waals surface area contributed by atoms with Crippen LogP contribution in [0.1, 0.15) is 10.4 Å². The van der Waals surface area contributed by atoms with Gasteiger partial charge in [0.2, 0.25) is 0 Å². The van der Waals surface area contributed by atoms with E-state index in [9.17, 15) is 4.79 Å². The molecule has 0 saturated heterocycles. The Kier molecular flexibility index (Phi) is 7.09. The Morgan fingerprint density at radius 2 is 2.27 bits per heavy atom. The summed E-state index contributed by atoms with van der Waals surface area (Å²) in [4.78, 5) is 13.1. The van der Waals surface area contributed by atoms with Crippen LogP contribution in [0, 0.1) is 6.92 Å². The van der Waals surface area contributed by atoms with Crippen molar-refractivity contribution in [1.82, 2.24) is 5.32 Å². The maximum Gasteiger partial charge on any atom is 0.257 e. The molecule has 22 heavy (non-hydrogen) atoms. The smallest absolute Gasteiger partial charge is 0.257 e. The summed E-state index contributed by atoms with van der Waals surface area (Å²) in [7, 11) is 0. The van der Waals surface area contributed by atoms with Crippen LogP contribution in [0.5, 0.6) is 5.75 Å². The Morgan fingerprint density at radius 3 is 3.00 bits per heavy atom. The molecular formula is C16H18ClNO2S2. The first kappa shape index (κ1) is 17.2. The quantitative estimate of drug-likeness (QED) is 0.723. The van der Waals surface area contributed by atoms with Crippen molar-refractivity contribution in [2.45, 2.75) is 12.7 Å². The van der Waals surface area contributed by atoms with Gasteiger partial charge in [-0.1, -0.05) is 17.7 Å². The predicted octanol–water partition coefficient (Wildman–Crippen LogP) is 4.14. The van der Waals surface area contributed by atoms with Crippen molar-refractivity contribution >= 4 is 40.6 Å². The van der Waals surface area contributed by atoms with Gasteiger partial charge in [-0.15, -0.1) is 11.3 Å². The summed E-state index contributed by atoms with van der Waals surface area (Å²) >= 11 is 9.45. The van der Waals surface area contributed by atoms with Crippen LogP contribution in [-0.2, 0) is 10.5 Å². The van der Waals surface area contributed by atoms with E-state index in [0.717, 1.165) is 17.1 Å². The van der Waals surface area contributed by atoms with E-state index < -0.39 is 0 Å². The molecule has 118 valence electrons. The largest absolute Gasteiger partial charge is 0.484 e. The highest BCUT2D eigenvalue weighted by molar-refractivity contribution is 7.98. The molecule has 1 amide bonds. The summed E-state index contributed by atoms with van der Waals surface area (Å²) in [5, 5.41) is 5.60. The predicted molar refractivity (Wildman–Crippen MR) is 95.2 cm³/mol. The minimum Gasteiger partial charge on any atom is -0.484 e. The number of hydrogen-bond acceptors (Lipinski definition) is 4. The minimum atomic E-state index is -0.105. The van der Waals surface area contributed by atoms with Crippen LogP contribution in [0.15, 0.2) is 35.7 Å². The summed E-state index contributed by atoms with van der Waals surface area (Å²) in [6.07, 6.45) is 0. The number of amides is 1. The zero-order valence-corrected chi connectivity index (χ0v) is 14.7. The van der Waals surface area contributed by atoms with E-state index in [1.54, 1.807) is 23.5 Å². The number of carbonyl (C=O) groups is 1. The number of benzene rings is 1. The molecule has 2 aromatic rings. The molecule has 0 aliphatic rings. The number of thioether (sulfide) groups is 1. The molecule has 0 atom stereocenters. The van der Waals surface area contributed by atoms with Gasteiger partial charge in [0.15, 0.2) is 6.61 Å². The number of ether oxygens (including phenoxy) is 1. The van der Waals surface area contributed by atoms with Crippen molar-refractivity contribution in [3.05, 3.63) is 51.2 Å². The highest BCUT2D eigenvalue weighted by Crippen LogP contribution is 2.21. The van der Waals surface area contributed by atoms with Crippen molar-refractivity contribution < 1.29 is 9.53 Å². The number of thiophene rings is 1. The Hall–Kier alpha value is -1.17. The van der Waals surface area contributed by atoms with Gasteiger partial charge in [0, 0.05) is 28.0 Å². The molecule has 0 aliphatic heterocycles. The van der Waals surface area contributed by atoms with E-state index in [1.165, 1.54) is 4.88 Å². The van der Waals surface area contributed by atoms with Crippen LogP contribution in [0.25, 0.3) is 0 Å². The fourth-order valence-electron chi connectivity index (χ4n) is 1.80. The number of nitrogens with one attached hydrogen (secondary N) is 1. The molecule has 1 aromatic carbocycles. The maximum atomic E-state index is 11.7. The van der Waals surface area contributed by atoms with Gasteiger partial charge >= 0.3 is 0 Å². The zero-order valence-electron chi connectivity index (χ0n) is 12.3. The molecule has 6 heteroatoms. The summed E-state index contributed by atoms with van der Waals surface area (Å²) in [6, 6.07) is 9.53. The Bertz CT molecular complexity index is 602. The van der Waals surface area contributed by atoms with E-state index in [0.29, 0.717) is 17.3 Å². The molecule has 0 bridgehead atoms. The highest BCUT2D eigenvalue weighted by atomic mass is 35.5. The Morgan fingerprint density at radius 1 is 1.41 bits per heavy atom. The monoisotopic (exact) mass is 355 g/mol. The standard InChI is InChI=1S/C16H18ClNO2S2/c1-12-9-13(17)4-5-15(12)20-10-16(19)18-6-8-21-11-14-3-2-7-22-14/h2-5,7,9H,6,8,10-11H2,1H3,(H,18,19). The fraction of sp³-hybridized carbons (Fsp3) is 0.312. The van der Waals surface area contributed by atoms with Crippen LogP contribution in [0.4, 0.5) is 0 Å². The number of hydrogen-bond donors (Lipinski definition) is 1. The average Bonchev–Trinajstić information content (AvgIpc) is 2.99. The van der Waals surface area contributed by atoms with Crippen LogP contribution in [0.2, 0.25) is 5.02 Å². The van der Waals surface area contributed by atoms with Gasteiger partial charge in [-0.3, -0.25) is 4.79 Å². The molecule has 2 rings (SSSR count). The number of aryl methyl sites for hydroxylation is 1. The van der Waals surface area contributed by atoms with Crippen molar-refractivity contribution in [1.29, 1.82) is 0 Å². The van der Waals surface area contributed by atoms with E-state index in [2.05, 4.69) is 22.8 Å². The third-order valence-electron chi connectivity index (χ3n) is 2.89. The van der Waals surface area contributed by atoms with Gasteiger partial charge in [0.05, 0.1) is 0 Å². The van der Waals surface area contributed by atoms with E-state index in [1.807, 2.05) is 24.8 Å². The van der Waals surface area contributed by atoms with Crippen LogP contribution in [-0.4, -0.2) is 24.8 Å². The van der Waals surface area contributed by atoms with Crippen molar-refractivity contribution in [3.8, 4) is 5.75 Å². The van der Waals surface area contributed by atoms with Gasteiger partial charge in [-0.05, 0) is 42.1 Å². The third-order valence-corrected chi connectivity index (χ3v) is 5.19. The average molecular weight is 356 g/mol. The second-order valence-electron chi connectivity index (χ2n) is 4.68. The lowest BCUT2D eigenvalue weighted by atomic mass is 10.2. The van der Waals surface area contributed by atoms with Gasteiger partial charge in [-0.25, -0.2) is 0 Å². The lowest BCUT2D eigenvalue weighted by molar-refractivity contribution is -0.122. The maximum absolute atomic E-state index is 11.7. The minimum absolute atomic E-state index is 0.0259. The number of halogens is 1. The summed E-state index contributed by atoms with van der Waals surface area (Å²) < 4.78 is 5.49. The second-order valence-corrected chi connectivity index (χ2v) is 7.25. The molecule has 0 unspecified atom stereocenters. The molecule has 1 N–H and O–H groups in total. The van der Waals surface area contributed by atoms with E-state index in [4.69, 9.17) is 16.3 Å². The lowest BCUT2D eigenvalue weighted by Gasteiger charge is -2.09. The first-order chi connectivity index (χ1) is 10.6. The molecular weight excluding hydrogens is 338 g/mol. The van der Waals surface area contributed by atoms with E-state index >= 15 is 0 Å². The molecule has 0 aliphatic carbocycles. The summed E-state index contributed by atoms with van der Waals surface area (Å²) in [5.74, 6) is 2.47. The van der Waals surface area contributed by atoms with Gasteiger partial charge in [0.25, 0.3) is 5.91 Å². The summed E-state index contributed by atoms with van der Waals surface area (Å²) in [5.41, 5.74) is 0.923. The second kappa shape index (κ2) is 9.08. The Balaban J connectivity index is 1.59. The highest BCUT2D eigenvalue weighted by Gasteiger charge is 2.05. The zero-order chi connectivity index (χ0) is 15.8. The summed E-state index contributed by atoms with van der Waals surface area (Å²) in [6.45, 7) is 2.58. The van der Waals surface area contributed by atoms with Crippen molar-refractivity contribution in [2.24, 2.45) is 0 Å². The molecule has 0 spiro atoms. The van der Waals surface area contributed by atoms with Gasteiger partial charge < -0.3 is 10.1 Å². The van der Waals surface area contributed by atoms with Crippen molar-refractivity contribution in [2.75, 3.05) is 18.9 Å². The van der Waals surface area contributed by atoms with Crippen LogP contribution >= 0.6 is 34.7 Å². The normalized spacial score (nSPS) is 10.5. The number of carbonyl (C=O) groups excluding carboxylic acids is 1. The van der Waals surface area contributed by atoms with Crippen LogP contribution < -0.4 is 10.1 Å². The third kappa shape index (κ3) is 5.91. The Labute approximate surface area is 144 Å². The fourth-order valence-corrected chi connectivity index (χ4v) is 3.73. The SMILES string of the molecule is Cc1cc(Cl)ccc1OCC(=O)NCCSCc1cccs1. The van der Waals surface area contributed by atoms with Crippen molar-refractivity contribution in [3.63, 3.8) is 0 Å². The molecule has 0 fully saturated rings. The first-order valence-electron chi connectivity index (χ1n) is 6.91.